The van der Waals surface area contributed by atoms with Crippen LogP contribution in [-0.4, -0.2) is 55.0 Å². The molecule has 2 rings (SSSR count). The van der Waals surface area contributed by atoms with Crippen LogP contribution in [0.1, 0.15) is 25.8 Å². The second-order valence-corrected chi connectivity index (χ2v) is 6.35. The standard InChI is InChI=1S/C18H26N4O4/c1-12(2)26-14-6-4-5-13(9-14)11-21-18(25)22-8-7-20-17(24)15(22)10-16(23)19-3/h4-6,9,12,15H,7-8,10-11H2,1-3H3,(H,19,23)(H,20,24)(H,21,25)/t15-/m0/s1. The Bertz CT molecular complexity index is 662. The quantitative estimate of drug-likeness (QED) is 0.691. The van der Waals surface area contributed by atoms with Crippen molar-refractivity contribution >= 4 is 17.8 Å². The van der Waals surface area contributed by atoms with Crippen molar-refractivity contribution in [2.75, 3.05) is 20.1 Å². The first-order valence-electron chi connectivity index (χ1n) is 8.69. The summed E-state index contributed by atoms with van der Waals surface area (Å²) in [6.07, 6.45) is 0.00479. The van der Waals surface area contributed by atoms with E-state index < -0.39 is 6.04 Å². The minimum Gasteiger partial charge on any atom is -0.491 e. The first-order valence-corrected chi connectivity index (χ1v) is 8.69. The van der Waals surface area contributed by atoms with E-state index in [4.69, 9.17) is 4.74 Å². The fraction of sp³-hybridized carbons (Fsp3) is 0.500. The van der Waals surface area contributed by atoms with Crippen molar-refractivity contribution in [1.29, 1.82) is 0 Å². The van der Waals surface area contributed by atoms with Gasteiger partial charge in [0.2, 0.25) is 11.8 Å². The zero-order valence-corrected chi connectivity index (χ0v) is 15.4. The van der Waals surface area contributed by atoms with E-state index in [1.54, 1.807) is 0 Å². The molecule has 26 heavy (non-hydrogen) atoms. The van der Waals surface area contributed by atoms with Gasteiger partial charge in [-0.2, -0.15) is 0 Å². The number of carbonyl (C=O) groups excluding carboxylic acids is 3. The fourth-order valence-corrected chi connectivity index (χ4v) is 2.72. The Morgan fingerprint density at radius 3 is 2.85 bits per heavy atom. The molecule has 0 bridgehead atoms. The molecule has 1 aromatic carbocycles. The van der Waals surface area contributed by atoms with Gasteiger partial charge in [-0.05, 0) is 31.5 Å². The van der Waals surface area contributed by atoms with Gasteiger partial charge >= 0.3 is 6.03 Å². The molecule has 0 saturated carbocycles. The first-order chi connectivity index (χ1) is 12.4. The van der Waals surface area contributed by atoms with Crippen LogP contribution in [0.3, 0.4) is 0 Å². The Kier molecular flexibility index (Phi) is 6.82. The van der Waals surface area contributed by atoms with Crippen molar-refractivity contribution < 1.29 is 19.1 Å². The molecule has 1 fully saturated rings. The maximum Gasteiger partial charge on any atom is 0.318 e. The number of urea groups is 1. The number of carbonyl (C=O) groups is 3. The van der Waals surface area contributed by atoms with E-state index >= 15 is 0 Å². The summed E-state index contributed by atoms with van der Waals surface area (Å²) in [6.45, 7) is 4.92. The SMILES string of the molecule is CNC(=O)C[C@H]1C(=O)NCCN1C(=O)NCc1cccc(OC(C)C)c1. The third-order valence-electron chi connectivity index (χ3n) is 3.96. The molecular weight excluding hydrogens is 336 g/mol. The molecule has 1 saturated heterocycles. The Hall–Kier alpha value is -2.77. The summed E-state index contributed by atoms with van der Waals surface area (Å²) in [5.74, 6) is 0.132. The molecule has 3 N–H and O–H groups in total. The summed E-state index contributed by atoms with van der Waals surface area (Å²) in [7, 11) is 1.50. The van der Waals surface area contributed by atoms with E-state index in [1.807, 2.05) is 38.1 Å². The van der Waals surface area contributed by atoms with Gasteiger partial charge in [-0.25, -0.2) is 4.79 Å². The van der Waals surface area contributed by atoms with Gasteiger partial charge in [0.05, 0.1) is 12.5 Å². The predicted molar refractivity (Wildman–Crippen MR) is 96.6 cm³/mol. The van der Waals surface area contributed by atoms with Crippen LogP contribution in [-0.2, 0) is 16.1 Å². The van der Waals surface area contributed by atoms with Crippen molar-refractivity contribution in [2.24, 2.45) is 0 Å². The van der Waals surface area contributed by atoms with Crippen LogP contribution in [0.15, 0.2) is 24.3 Å². The average Bonchev–Trinajstić information content (AvgIpc) is 2.61. The van der Waals surface area contributed by atoms with E-state index in [0.717, 1.165) is 11.3 Å². The lowest BCUT2D eigenvalue weighted by atomic mass is 10.1. The van der Waals surface area contributed by atoms with E-state index in [-0.39, 0.29) is 30.4 Å². The predicted octanol–water partition coefficient (Wildman–Crippen LogP) is 0.620. The number of piperazine rings is 1. The highest BCUT2D eigenvalue weighted by Crippen LogP contribution is 2.15. The normalized spacial score (nSPS) is 16.8. The maximum absolute atomic E-state index is 12.5. The molecule has 0 aromatic heterocycles. The number of nitrogens with one attached hydrogen (secondary N) is 3. The number of amides is 4. The zero-order valence-electron chi connectivity index (χ0n) is 15.4. The molecule has 8 nitrogen and oxygen atoms in total. The largest absolute Gasteiger partial charge is 0.491 e. The van der Waals surface area contributed by atoms with Crippen LogP contribution >= 0.6 is 0 Å². The van der Waals surface area contributed by atoms with Gasteiger partial charge in [-0.15, -0.1) is 0 Å². The maximum atomic E-state index is 12.5. The molecule has 1 aromatic rings. The number of nitrogens with zero attached hydrogens (tertiary/aromatic N) is 1. The van der Waals surface area contributed by atoms with E-state index in [2.05, 4.69) is 16.0 Å². The highest BCUT2D eigenvalue weighted by Gasteiger charge is 2.34. The van der Waals surface area contributed by atoms with Crippen molar-refractivity contribution in [3.05, 3.63) is 29.8 Å². The monoisotopic (exact) mass is 362 g/mol. The minimum absolute atomic E-state index is 0.0620. The summed E-state index contributed by atoms with van der Waals surface area (Å²) in [5.41, 5.74) is 0.890. The van der Waals surface area contributed by atoms with E-state index in [1.165, 1.54) is 11.9 Å². The van der Waals surface area contributed by atoms with Gasteiger partial charge in [0, 0.05) is 26.7 Å². The third kappa shape index (κ3) is 5.37. The summed E-state index contributed by atoms with van der Waals surface area (Å²) >= 11 is 0. The van der Waals surface area contributed by atoms with Gasteiger partial charge in [0.25, 0.3) is 0 Å². The summed E-state index contributed by atoms with van der Waals surface area (Å²) in [6, 6.07) is 6.30. The summed E-state index contributed by atoms with van der Waals surface area (Å²) in [5, 5.41) is 7.98. The van der Waals surface area contributed by atoms with Crippen molar-refractivity contribution in [1.82, 2.24) is 20.9 Å². The van der Waals surface area contributed by atoms with Crippen LogP contribution in [0.25, 0.3) is 0 Å². The Morgan fingerprint density at radius 2 is 2.15 bits per heavy atom. The molecule has 4 amide bonds. The Balaban J connectivity index is 1.99. The second kappa shape index (κ2) is 9.07. The molecule has 0 unspecified atom stereocenters. The van der Waals surface area contributed by atoms with Crippen molar-refractivity contribution in [2.45, 2.75) is 39.0 Å². The highest BCUT2D eigenvalue weighted by molar-refractivity contribution is 5.92. The van der Waals surface area contributed by atoms with E-state index in [0.29, 0.717) is 19.6 Å². The topological polar surface area (TPSA) is 99.8 Å². The van der Waals surface area contributed by atoms with Crippen molar-refractivity contribution in [3.63, 3.8) is 0 Å². The third-order valence-corrected chi connectivity index (χ3v) is 3.96. The number of ether oxygens (including phenoxy) is 1. The minimum atomic E-state index is -0.806. The number of benzene rings is 1. The molecule has 1 aliphatic rings. The molecule has 0 spiro atoms. The van der Waals surface area contributed by atoms with Gasteiger partial charge in [0.15, 0.2) is 0 Å². The highest BCUT2D eigenvalue weighted by atomic mass is 16.5. The van der Waals surface area contributed by atoms with Gasteiger partial charge in [0.1, 0.15) is 11.8 Å². The van der Waals surface area contributed by atoms with E-state index in [9.17, 15) is 14.4 Å². The molecule has 0 aliphatic carbocycles. The lowest BCUT2D eigenvalue weighted by Crippen LogP contribution is -2.60. The molecule has 0 radical (unpaired) electrons. The van der Waals surface area contributed by atoms with Gasteiger partial charge < -0.3 is 25.6 Å². The van der Waals surface area contributed by atoms with Gasteiger partial charge in [-0.1, -0.05) is 12.1 Å². The number of hydrogen-bond acceptors (Lipinski definition) is 4. The number of hydrogen-bond donors (Lipinski definition) is 3. The summed E-state index contributed by atoms with van der Waals surface area (Å²) in [4.78, 5) is 37.6. The average molecular weight is 362 g/mol. The number of rotatable bonds is 6. The zero-order chi connectivity index (χ0) is 19.1. The lowest BCUT2D eigenvalue weighted by molar-refractivity contribution is -0.132. The lowest BCUT2D eigenvalue weighted by Gasteiger charge is -2.34. The smallest absolute Gasteiger partial charge is 0.318 e. The molecular formula is C18H26N4O4. The Labute approximate surface area is 153 Å². The second-order valence-electron chi connectivity index (χ2n) is 6.35. The Morgan fingerprint density at radius 1 is 1.38 bits per heavy atom. The summed E-state index contributed by atoms with van der Waals surface area (Å²) < 4.78 is 5.64. The van der Waals surface area contributed by atoms with Crippen LogP contribution in [0.5, 0.6) is 5.75 Å². The fourth-order valence-electron chi connectivity index (χ4n) is 2.72. The molecule has 8 heteroatoms. The van der Waals surface area contributed by atoms with Crippen LogP contribution in [0.2, 0.25) is 0 Å². The van der Waals surface area contributed by atoms with Crippen LogP contribution in [0, 0.1) is 0 Å². The molecule has 1 aliphatic heterocycles. The molecule has 142 valence electrons. The van der Waals surface area contributed by atoms with Gasteiger partial charge in [-0.3, -0.25) is 9.59 Å². The van der Waals surface area contributed by atoms with Crippen LogP contribution in [0.4, 0.5) is 4.79 Å². The first kappa shape index (κ1) is 19.6. The molecule has 1 atom stereocenters. The van der Waals surface area contributed by atoms with Crippen LogP contribution < -0.4 is 20.7 Å². The molecule has 1 heterocycles. The van der Waals surface area contributed by atoms with Crippen molar-refractivity contribution in [3.8, 4) is 5.75 Å².